The molecule has 0 unspecified atom stereocenters. The van der Waals surface area contributed by atoms with E-state index in [2.05, 4.69) is 5.32 Å². The predicted octanol–water partition coefficient (Wildman–Crippen LogP) is 1.59. The van der Waals surface area contributed by atoms with Crippen molar-refractivity contribution < 1.29 is 19.4 Å². The van der Waals surface area contributed by atoms with E-state index in [1.54, 1.807) is 12.0 Å². The van der Waals surface area contributed by atoms with Gasteiger partial charge in [-0.25, -0.2) is 9.59 Å². The van der Waals surface area contributed by atoms with E-state index >= 15 is 0 Å². The van der Waals surface area contributed by atoms with Crippen LogP contribution in [-0.4, -0.2) is 53.8 Å². The largest absolute Gasteiger partial charge is 0.480 e. The highest BCUT2D eigenvalue weighted by Gasteiger charge is 2.43. The Morgan fingerprint density at radius 3 is 2.45 bits per heavy atom. The van der Waals surface area contributed by atoms with E-state index in [0.29, 0.717) is 26.0 Å². The minimum absolute atomic E-state index is 0.250. The molecule has 2 rings (SSSR count). The maximum atomic E-state index is 12.4. The van der Waals surface area contributed by atoms with E-state index in [4.69, 9.17) is 4.74 Å². The van der Waals surface area contributed by atoms with Crippen molar-refractivity contribution in [3.05, 3.63) is 0 Å². The highest BCUT2D eigenvalue weighted by atomic mass is 16.5. The summed E-state index contributed by atoms with van der Waals surface area (Å²) in [6, 6.07) is -0.00608. The number of urea groups is 1. The van der Waals surface area contributed by atoms with E-state index in [0.717, 1.165) is 32.1 Å². The molecule has 2 N–H and O–H groups in total. The summed E-state index contributed by atoms with van der Waals surface area (Å²) in [5.74, 6) is -0.909. The van der Waals surface area contributed by atoms with E-state index in [1.165, 1.54) is 0 Å². The fraction of sp³-hybridized carbons (Fsp3) is 0.857. The van der Waals surface area contributed by atoms with Gasteiger partial charge in [-0.05, 0) is 25.7 Å². The normalized spacial score (nSPS) is 21.2. The fourth-order valence-electron chi connectivity index (χ4n) is 2.85. The van der Waals surface area contributed by atoms with Crippen LogP contribution in [0, 0.1) is 0 Å². The van der Waals surface area contributed by atoms with Gasteiger partial charge in [-0.2, -0.15) is 0 Å². The summed E-state index contributed by atoms with van der Waals surface area (Å²) in [5.41, 5.74) is -1.07. The van der Waals surface area contributed by atoms with Gasteiger partial charge in [0.15, 0.2) is 0 Å². The van der Waals surface area contributed by atoms with Crippen LogP contribution in [0.15, 0.2) is 0 Å². The molecule has 0 aromatic carbocycles. The summed E-state index contributed by atoms with van der Waals surface area (Å²) in [4.78, 5) is 25.7. The molecule has 20 heavy (non-hydrogen) atoms. The molecule has 0 bridgehead atoms. The SMILES string of the molecule is COCCN(C(=O)NC1(C(=O)O)CCCCC1)C1CC1. The van der Waals surface area contributed by atoms with Crippen molar-refractivity contribution in [2.45, 2.75) is 56.5 Å². The van der Waals surface area contributed by atoms with Crippen molar-refractivity contribution in [3.63, 3.8) is 0 Å². The number of rotatable bonds is 6. The maximum absolute atomic E-state index is 12.4. The molecule has 114 valence electrons. The first kappa shape index (κ1) is 15.1. The van der Waals surface area contributed by atoms with Gasteiger partial charge in [-0.3, -0.25) is 0 Å². The third kappa shape index (κ3) is 3.42. The third-order valence-electron chi connectivity index (χ3n) is 4.25. The minimum atomic E-state index is -1.07. The fourth-order valence-corrected chi connectivity index (χ4v) is 2.85. The van der Waals surface area contributed by atoms with Crippen molar-refractivity contribution in [2.24, 2.45) is 0 Å². The lowest BCUT2D eigenvalue weighted by molar-refractivity contribution is -0.146. The van der Waals surface area contributed by atoms with Crippen molar-refractivity contribution in [1.29, 1.82) is 0 Å². The van der Waals surface area contributed by atoms with Gasteiger partial charge in [0, 0.05) is 19.7 Å². The molecule has 0 aromatic rings. The zero-order valence-corrected chi connectivity index (χ0v) is 12.1. The number of methoxy groups -OCH3 is 1. The van der Waals surface area contributed by atoms with Gasteiger partial charge in [0.25, 0.3) is 0 Å². The first-order valence-corrected chi connectivity index (χ1v) is 7.40. The number of ether oxygens (including phenoxy) is 1. The predicted molar refractivity (Wildman–Crippen MR) is 73.6 cm³/mol. The molecule has 2 aliphatic carbocycles. The zero-order chi connectivity index (χ0) is 14.6. The second-order valence-electron chi connectivity index (χ2n) is 5.80. The van der Waals surface area contributed by atoms with Crippen molar-refractivity contribution in [1.82, 2.24) is 10.2 Å². The summed E-state index contributed by atoms with van der Waals surface area (Å²) in [6.07, 6.45) is 5.80. The average Bonchev–Trinajstić information content (AvgIpc) is 3.24. The summed E-state index contributed by atoms with van der Waals surface area (Å²) in [7, 11) is 1.60. The first-order chi connectivity index (χ1) is 9.59. The third-order valence-corrected chi connectivity index (χ3v) is 4.25. The van der Waals surface area contributed by atoms with Gasteiger partial charge in [0.1, 0.15) is 5.54 Å². The Balaban J connectivity index is 2.00. The molecule has 0 atom stereocenters. The molecule has 0 saturated heterocycles. The van der Waals surface area contributed by atoms with Crippen LogP contribution in [0.3, 0.4) is 0 Å². The van der Waals surface area contributed by atoms with Crippen molar-refractivity contribution >= 4 is 12.0 Å². The van der Waals surface area contributed by atoms with E-state index < -0.39 is 11.5 Å². The number of carbonyl (C=O) groups is 2. The Kier molecular flexibility index (Phi) is 4.86. The smallest absolute Gasteiger partial charge is 0.329 e. The minimum Gasteiger partial charge on any atom is -0.480 e. The van der Waals surface area contributed by atoms with Gasteiger partial charge >= 0.3 is 12.0 Å². The molecule has 2 fully saturated rings. The molecular weight excluding hydrogens is 260 g/mol. The summed E-state index contributed by atoms with van der Waals surface area (Å²) in [5, 5.41) is 12.3. The van der Waals surface area contributed by atoms with Crippen LogP contribution in [0.5, 0.6) is 0 Å². The molecule has 2 saturated carbocycles. The van der Waals surface area contributed by atoms with Gasteiger partial charge in [-0.1, -0.05) is 19.3 Å². The molecular formula is C14H24N2O4. The number of aliphatic carboxylic acids is 1. The molecule has 0 heterocycles. The monoisotopic (exact) mass is 284 g/mol. The Morgan fingerprint density at radius 2 is 1.95 bits per heavy atom. The zero-order valence-electron chi connectivity index (χ0n) is 12.1. The van der Waals surface area contributed by atoms with Crippen LogP contribution in [-0.2, 0) is 9.53 Å². The highest BCUT2D eigenvalue weighted by molar-refractivity contribution is 5.86. The van der Waals surface area contributed by atoms with Crippen molar-refractivity contribution in [2.75, 3.05) is 20.3 Å². The van der Waals surface area contributed by atoms with Gasteiger partial charge in [0.05, 0.1) is 6.61 Å². The Labute approximate surface area is 119 Å². The molecule has 0 aromatic heterocycles. The molecule has 6 nitrogen and oxygen atoms in total. The quantitative estimate of drug-likeness (QED) is 0.776. The van der Waals surface area contributed by atoms with Crippen LogP contribution in [0.2, 0.25) is 0 Å². The second kappa shape index (κ2) is 6.43. The summed E-state index contributed by atoms with van der Waals surface area (Å²) in [6.45, 7) is 0.993. The van der Waals surface area contributed by atoms with Crippen LogP contribution in [0.25, 0.3) is 0 Å². The van der Waals surface area contributed by atoms with Crippen molar-refractivity contribution in [3.8, 4) is 0 Å². The number of amides is 2. The standard InChI is InChI=1S/C14H24N2O4/c1-20-10-9-16(11-5-6-11)13(19)15-14(12(17)18)7-3-2-4-8-14/h11H,2-10H2,1H3,(H,15,19)(H,17,18). The Hall–Kier alpha value is -1.30. The Bertz CT molecular complexity index is 362. The van der Waals surface area contributed by atoms with Gasteiger partial charge in [0.2, 0.25) is 0 Å². The number of carboxylic acids is 1. The Morgan fingerprint density at radius 1 is 1.30 bits per heavy atom. The number of hydrogen-bond acceptors (Lipinski definition) is 3. The van der Waals surface area contributed by atoms with E-state index in [9.17, 15) is 14.7 Å². The molecule has 0 spiro atoms. The van der Waals surface area contributed by atoms with E-state index in [1.807, 2.05) is 0 Å². The van der Waals surface area contributed by atoms with Gasteiger partial charge in [-0.15, -0.1) is 0 Å². The average molecular weight is 284 g/mol. The maximum Gasteiger partial charge on any atom is 0.329 e. The highest BCUT2D eigenvalue weighted by Crippen LogP contribution is 2.31. The lowest BCUT2D eigenvalue weighted by atomic mass is 9.82. The molecule has 2 aliphatic rings. The number of hydrogen-bond donors (Lipinski definition) is 2. The molecule has 2 amide bonds. The number of nitrogens with one attached hydrogen (secondary N) is 1. The van der Waals surface area contributed by atoms with Gasteiger partial charge < -0.3 is 20.1 Å². The van der Waals surface area contributed by atoms with Crippen LogP contribution < -0.4 is 5.32 Å². The van der Waals surface area contributed by atoms with E-state index in [-0.39, 0.29) is 12.1 Å². The molecule has 6 heteroatoms. The number of nitrogens with zero attached hydrogens (tertiary/aromatic N) is 1. The number of carbonyl (C=O) groups excluding carboxylic acids is 1. The second-order valence-corrected chi connectivity index (χ2v) is 5.80. The first-order valence-electron chi connectivity index (χ1n) is 7.40. The topological polar surface area (TPSA) is 78.9 Å². The van der Waals surface area contributed by atoms with Crippen LogP contribution in [0.4, 0.5) is 4.79 Å². The molecule has 0 radical (unpaired) electrons. The van der Waals surface area contributed by atoms with Crippen LogP contribution >= 0.6 is 0 Å². The lowest BCUT2D eigenvalue weighted by Gasteiger charge is -2.36. The molecule has 0 aliphatic heterocycles. The lowest BCUT2D eigenvalue weighted by Crippen LogP contribution is -2.59. The summed E-state index contributed by atoms with van der Waals surface area (Å²) < 4.78 is 5.03. The summed E-state index contributed by atoms with van der Waals surface area (Å²) >= 11 is 0. The number of carboxylic acid groups (broad SMARTS) is 1. The van der Waals surface area contributed by atoms with Crippen LogP contribution in [0.1, 0.15) is 44.9 Å².